The van der Waals surface area contributed by atoms with Crippen LogP contribution in [0.1, 0.15) is 5.56 Å². The molecule has 0 spiro atoms. The maximum atomic E-state index is 9.07. The van der Waals surface area contributed by atoms with E-state index in [9.17, 15) is 0 Å². The second-order valence-electron chi connectivity index (χ2n) is 4.64. The van der Waals surface area contributed by atoms with Gasteiger partial charge in [-0.05, 0) is 35.4 Å². The highest BCUT2D eigenvalue weighted by Gasteiger charge is 2.06. The van der Waals surface area contributed by atoms with Crippen LogP contribution in [0.4, 0.5) is 0 Å². The lowest BCUT2D eigenvalue weighted by molar-refractivity contribution is 0.421. The highest BCUT2D eigenvalue weighted by atomic mass is 16.5. The number of nitrogens with zero attached hydrogens (tertiary/aromatic N) is 2. The molecule has 2 rings (SSSR count). The van der Waals surface area contributed by atoms with Crippen molar-refractivity contribution in [1.82, 2.24) is 4.90 Å². The number of hydrogen-bond donors (Lipinski definition) is 0. The molecule has 0 saturated carbocycles. The van der Waals surface area contributed by atoms with E-state index < -0.39 is 0 Å². The Morgan fingerprint density at radius 3 is 2.42 bits per heavy atom. The minimum absolute atomic E-state index is 0.281. The average molecular weight is 252 g/mol. The first kappa shape index (κ1) is 13.0. The van der Waals surface area contributed by atoms with Crippen molar-refractivity contribution in [2.24, 2.45) is 0 Å². The molecule has 0 aliphatic rings. The van der Waals surface area contributed by atoms with Crippen molar-refractivity contribution in [3.8, 4) is 11.8 Å². The average Bonchev–Trinajstić information content (AvgIpc) is 2.38. The molecule has 0 aliphatic carbocycles. The summed E-state index contributed by atoms with van der Waals surface area (Å²) >= 11 is 0. The van der Waals surface area contributed by atoms with Gasteiger partial charge in [-0.15, -0.1) is 0 Å². The number of nitriles is 1. The molecule has 0 saturated heterocycles. The number of ether oxygens (including phenoxy) is 1. The standard InChI is InChI=1S/C16H16N2O/c1-12-8-13-6-4-5-7-14(13)9-16(12)19-15(10-17)11-18(2)3/h4-9,11H,1-3H3/b15-11+. The summed E-state index contributed by atoms with van der Waals surface area (Å²) in [5, 5.41) is 11.3. The smallest absolute Gasteiger partial charge is 0.219 e. The molecule has 19 heavy (non-hydrogen) atoms. The van der Waals surface area contributed by atoms with Crippen molar-refractivity contribution >= 4 is 10.8 Å². The number of rotatable bonds is 3. The molecule has 2 aromatic rings. The SMILES string of the molecule is Cc1cc2ccccc2cc1O/C(C#N)=C/N(C)C. The minimum Gasteiger partial charge on any atom is -0.444 e. The van der Waals surface area contributed by atoms with Crippen LogP contribution in [0.3, 0.4) is 0 Å². The quantitative estimate of drug-likeness (QED) is 0.620. The molecule has 2 aromatic carbocycles. The van der Waals surface area contributed by atoms with Crippen LogP contribution in [-0.4, -0.2) is 19.0 Å². The first-order valence-corrected chi connectivity index (χ1v) is 6.06. The molecule has 3 nitrogen and oxygen atoms in total. The fraction of sp³-hybridized carbons (Fsp3) is 0.188. The second-order valence-corrected chi connectivity index (χ2v) is 4.64. The number of benzene rings is 2. The summed E-state index contributed by atoms with van der Waals surface area (Å²) in [6, 6.07) is 14.2. The van der Waals surface area contributed by atoms with Gasteiger partial charge in [0.25, 0.3) is 0 Å². The normalized spacial score (nSPS) is 11.2. The Morgan fingerprint density at radius 1 is 1.21 bits per heavy atom. The summed E-state index contributed by atoms with van der Waals surface area (Å²) in [4.78, 5) is 1.79. The lowest BCUT2D eigenvalue weighted by atomic mass is 10.1. The van der Waals surface area contributed by atoms with Crippen LogP contribution >= 0.6 is 0 Å². The van der Waals surface area contributed by atoms with Crippen LogP contribution in [0.15, 0.2) is 48.4 Å². The molecule has 0 atom stereocenters. The van der Waals surface area contributed by atoms with Crippen LogP contribution in [0, 0.1) is 18.3 Å². The zero-order valence-electron chi connectivity index (χ0n) is 11.3. The van der Waals surface area contributed by atoms with E-state index in [-0.39, 0.29) is 5.76 Å². The maximum absolute atomic E-state index is 9.07. The fourth-order valence-electron chi connectivity index (χ4n) is 1.87. The number of aryl methyl sites for hydroxylation is 1. The van der Waals surface area contributed by atoms with Crippen molar-refractivity contribution in [2.45, 2.75) is 6.92 Å². The van der Waals surface area contributed by atoms with E-state index in [1.807, 2.05) is 45.3 Å². The Bertz CT molecular complexity index is 666. The van der Waals surface area contributed by atoms with Gasteiger partial charge in [-0.25, -0.2) is 0 Å². The molecule has 0 N–H and O–H groups in total. The van der Waals surface area contributed by atoms with Gasteiger partial charge < -0.3 is 9.64 Å². The molecule has 0 aliphatic heterocycles. The van der Waals surface area contributed by atoms with Crippen molar-refractivity contribution in [3.63, 3.8) is 0 Å². The van der Waals surface area contributed by atoms with E-state index in [1.165, 1.54) is 5.39 Å². The summed E-state index contributed by atoms with van der Waals surface area (Å²) in [6.45, 7) is 1.98. The van der Waals surface area contributed by atoms with Gasteiger partial charge in [-0.1, -0.05) is 24.3 Å². The Kier molecular flexibility index (Phi) is 3.72. The van der Waals surface area contributed by atoms with Gasteiger partial charge in [0.1, 0.15) is 11.8 Å². The van der Waals surface area contributed by atoms with Crippen molar-refractivity contribution in [1.29, 1.82) is 5.26 Å². The second kappa shape index (κ2) is 5.45. The Morgan fingerprint density at radius 2 is 1.84 bits per heavy atom. The third kappa shape index (κ3) is 3.05. The summed E-state index contributed by atoms with van der Waals surface area (Å²) in [5.74, 6) is 0.997. The molecular formula is C16H16N2O. The topological polar surface area (TPSA) is 36.3 Å². The molecule has 0 heterocycles. The molecule has 0 radical (unpaired) electrons. The van der Waals surface area contributed by atoms with E-state index in [0.29, 0.717) is 5.75 Å². The molecular weight excluding hydrogens is 236 g/mol. The summed E-state index contributed by atoms with van der Waals surface area (Å²) in [5.41, 5.74) is 1.01. The highest BCUT2D eigenvalue weighted by Crippen LogP contribution is 2.26. The van der Waals surface area contributed by atoms with E-state index >= 15 is 0 Å². The van der Waals surface area contributed by atoms with Gasteiger partial charge in [-0.2, -0.15) is 5.26 Å². The van der Waals surface area contributed by atoms with E-state index in [2.05, 4.69) is 18.2 Å². The zero-order valence-corrected chi connectivity index (χ0v) is 11.3. The number of fused-ring (bicyclic) bond motifs is 1. The Labute approximate surface area is 113 Å². The lowest BCUT2D eigenvalue weighted by Crippen LogP contribution is -2.05. The van der Waals surface area contributed by atoms with Crippen LogP contribution in [0.5, 0.6) is 5.75 Å². The molecule has 0 fully saturated rings. The van der Waals surface area contributed by atoms with Crippen LogP contribution in [0.25, 0.3) is 10.8 Å². The van der Waals surface area contributed by atoms with Crippen molar-refractivity contribution in [3.05, 3.63) is 53.9 Å². The monoisotopic (exact) mass is 252 g/mol. The molecule has 0 amide bonds. The first-order chi connectivity index (χ1) is 9.10. The third-order valence-corrected chi connectivity index (χ3v) is 2.75. The first-order valence-electron chi connectivity index (χ1n) is 6.06. The summed E-state index contributed by atoms with van der Waals surface area (Å²) in [7, 11) is 3.71. The molecule has 96 valence electrons. The van der Waals surface area contributed by atoms with Crippen molar-refractivity contribution in [2.75, 3.05) is 14.1 Å². The van der Waals surface area contributed by atoms with Gasteiger partial charge in [-0.3, -0.25) is 0 Å². The van der Waals surface area contributed by atoms with Crippen LogP contribution in [-0.2, 0) is 0 Å². The largest absolute Gasteiger partial charge is 0.444 e. The third-order valence-electron chi connectivity index (χ3n) is 2.75. The van der Waals surface area contributed by atoms with Gasteiger partial charge in [0.2, 0.25) is 5.76 Å². The molecule has 0 unspecified atom stereocenters. The minimum atomic E-state index is 0.281. The lowest BCUT2D eigenvalue weighted by Gasteiger charge is -2.11. The fourth-order valence-corrected chi connectivity index (χ4v) is 1.87. The van der Waals surface area contributed by atoms with Gasteiger partial charge in [0.15, 0.2) is 0 Å². The van der Waals surface area contributed by atoms with E-state index in [4.69, 9.17) is 10.00 Å². The Hall–Kier alpha value is -2.47. The predicted octanol–water partition coefficient (Wildman–Crippen LogP) is 3.45. The van der Waals surface area contributed by atoms with Gasteiger partial charge in [0, 0.05) is 14.1 Å². The molecule has 0 bridgehead atoms. The number of allylic oxidation sites excluding steroid dienone is 1. The van der Waals surface area contributed by atoms with Crippen LogP contribution in [0.2, 0.25) is 0 Å². The highest BCUT2D eigenvalue weighted by molar-refractivity contribution is 5.84. The predicted molar refractivity (Wildman–Crippen MR) is 76.7 cm³/mol. The maximum Gasteiger partial charge on any atom is 0.219 e. The zero-order chi connectivity index (χ0) is 13.8. The van der Waals surface area contributed by atoms with Crippen molar-refractivity contribution < 1.29 is 4.74 Å². The number of hydrogen-bond acceptors (Lipinski definition) is 3. The van der Waals surface area contributed by atoms with E-state index in [1.54, 1.807) is 11.1 Å². The summed E-state index contributed by atoms with van der Waals surface area (Å²) in [6.07, 6.45) is 1.66. The summed E-state index contributed by atoms with van der Waals surface area (Å²) < 4.78 is 5.67. The van der Waals surface area contributed by atoms with Gasteiger partial charge in [0.05, 0.1) is 6.20 Å². The molecule has 3 heteroatoms. The van der Waals surface area contributed by atoms with Crippen LogP contribution < -0.4 is 4.74 Å². The van der Waals surface area contributed by atoms with Gasteiger partial charge >= 0.3 is 0 Å². The molecule has 0 aromatic heterocycles. The Balaban J connectivity index is 2.40. The van der Waals surface area contributed by atoms with E-state index in [0.717, 1.165) is 10.9 Å².